The first-order chi connectivity index (χ1) is 8.13. The van der Waals surface area contributed by atoms with Gasteiger partial charge in [-0.2, -0.15) is 0 Å². The summed E-state index contributed by atoms with van der Waals surface area (Å²) in [7, 11) is 3.88. The summed E-state index contributed by atoms with van der Waals surface area (Å²) in [5.41, 5.74) is 0. The summed E-state index contributed by atoms with van der Waals surface area (Å²) in [6.45, 7) is 4.40. The molecule has 1 heterocycles. The molecule has 0 N–H and O–H groups in total. The zero-order valence-corrected chi connectivity index (χ0v) is 11.8. The number of hydrogen-bond acceptors (Lipinski definition) is 3. The average Bonchev–Trinajstić information content (AvgIpc) is 2.78. The van der Waals surface area contributed by atoms with Crippen molar-refractivity contribution in [3.05, 3.63) is 22.4 Å². The number of thiophene rings is 1. The SMILES string of the molecule is CCCCN(C)CC(=O)N(C)Cc1cccs1. The number of unbranched alkanes of at least 4 members (excludes halogenated alkanes) is 1. The maximum Gasteiger partial charge on any atom is 0.236 e. The largest absolute Gasteiger partial charge is 0.340 e. The molecule has 0 saturated heterocycles. The van der Waals surface area contributed by atoms with Crippen LogP contribution in [0.4, 0.5) is 0 Å². The van der Waals surface area contributed by atoms with E-state index in [0.29, 0.717) is 6.54 Å². The van der Waals surface area contributed by atoms with Gasteiger partial charge in [-0.15, -0.1) is 11.3 Å². The topological polar surface area (TPSA) is 23.6 Å². The number of carbonyl (C=O) groups is 1. The zero-order valence-electron chi connectivity index (χ0n) is 11.0. The van der Waals surface area contributed by atoms with Crippen molar-refractivity contribution in [2.24, 2.45) is 0 Å². The van der Waals surface area contributed by atoms with Crippen LogP contribution < -0.4 is 0 Å². The normalized spacial score (nSPS) is 10.8. The summed E-state index contributed by atoms with van der Waals surface area (Å²) in [4.78, 5) is 17.1. The van der Waals surface area contributed by atoms with Crippen molar-refractivity contribution in [3.8, 4) is 0 Å². The lowest BCUT2D eigenvalue weighted by Gasteiger charge is -2.21. The number of amides is 1. The molecule has 0 aliphatic rings. The Labute approximate surface area is 108 Å². The molecule has 0 aliphatic heterocycles. The van der Waals surface area contributed by atoms with Crippen molar-refractivity contribution >= 4 is 17.2 Å². The van der Waals surface area contributed by atoms with Gasteiger partial charge in [-0.25, -0.2) is 0 Å². The number of nitrogens with zero attached hydrogens (tertiary/aromatic N) is 2. The van der Waals surface area contributed by atoms with E-state index < -0.39 is 0 Å². The molecule has 1 amide bonds. The van der Waals surface area contributed by atoms with Gasteiger partial charge in [0.2, 0.25) is 5.91 Å². The second-order valence-electron chi connectivity index (χ2n) is 4.42. The minimum Gasteiger partial charge on any atom is -0.340 e. The van der Waals surface area contributed by atoms with Gasteiger partial charge in [0.15, 0.2) is 0 Å². The van der Waals surface area contributed by atoms with Crippen molar-refractivity contribution in [2.45, 2.75) is 26.3 Å². The first-order valence-electron chi connectivity index (χ1n) is 6.08. The molecule has 4 heteroatoms. The van der Waals surface area contributed by atoms with Crippen molar-refractivity contribution < 1.29 is 4.79 Å². The molecule has 0 bridgehead atoms. The van der Waals surface area contributed by atoms with E-state index in [2.05, 4.69) is 17.9 Å². The fourth-order valence-electron chi connectivity index (χ4n) is 1.58. The quantitative estimate of drug-likeness (QED) is 0.746. The van der Waals surface area contributed by atoms with Gasteiger partial charge in [0.1, 0.15) is 0 Å². The van der Waals surface area contributed by atoms with E-state index in [4.69, 9.17) is 0 Å². The summed E-state index contributed by atoms with van der Waals surface area (Å²) in [5.74, 6) is 0.192. The highest BCUT2D eigenvalue weighted by Crippen LogP contribution is 2.10. The Balaban J connectivity index is 2.31. The Morgan fingerprint density at radius 1 is 1.41 bits per heavy atom. The van der Waals surface area contributed by atoms with Crippen LogP contribution in [0.5, 0.6) is 0 Å². The molecule has 0 spiro atoms. The molecule has 0 aromatic carbocycles. The van der Waals surface area contributed by atoms with Crippen LogP contribution in [0.15, 0.2) is 17.5 Å². The van der Waals surface area contributed by atoms with Crippen LogP contribution in [0.3, 0.4) is 0 Å². The zero-order chi connectivity index (χ0) is 12.7. The molecule has 0 unspecified atom stereocenters. The van der Waals surface area contributed by atoms with Gasteiger partial charge in [0.25, 0.3) is 0 Å². The van der Waals surface area contributed by atoms with Crippen LogP contribution >= 0.6 is 11.3 Å². The molecule has 0 fully saturated rings. The van der Waals surface area contributed by atoms with Crippen LogP contribution in [0.1, 0.15) is 24.6 Å². The Morgan fingerprint density at radius 2 is 2.18 bits per heavy atom. The third kappa shape index (κ3) is 5.33. The van der Waals surface area contributed by atoms with Gasteiger partial charge in [-0.3, -0.25) is 9.69 Å². The molecule has 0 aliphatic carbocycles. The van der Waals surface area contributed by atoms with Crippen molar-refractivity contribution in [3.63, 3.8) is 0 Å². The molecule has 0 atom stereocenters. The highest BCUT2D eigenvalue weighted by molar-refractivity contribution is 7.09. The fraction of sp³-hybridized carbons (Fsp3) is 0.615. The maximum absolute atomic E-state index is 11.9. The first-order valence-corrected chi connectivity index (χ1v) is 6.96. The summed E-state index contributed by atoms with van der Waals surface area (Å²) in [5, 5.41) is 2.04. The Kier molecular flexibility index (Phi) is 6.22. The van der Waals surface area contributed by atoms with E-state index >= 15 is 0 Å². The molecule has 3 nitrogen and oxygen atoms in total. The van der Waals surface area contributed by atoms with Crippen LogP contribution in [0.2, 0.25) is 0 Å². The smallest absolute Gasteiger partial charge is 0.236 e. The lowest BCUT2D eigenvalue weighted by molar-refractivity contribution is -0.131. The first kappa shape index (κ1) is 14.2. The van der Waals surface area contributed by atoms with E-state index in [1.807, 2.05) is 25.5 Å². The third-order valence-corrected chi connectivity index (χ3v) is 3.56. The summed E-state index contributed by atoms with van der Waals surface area (Å²) < 4.78 is 0. The summed E-state index contributed by atoms with van der Waals surface area (Å²) in [6.07, 6.45) is 2.32. The van der Waals surface area contributed by atoms with Gasteiger partial charge >= 0.3 is 0 Å². The highest BCUT2D eigenvalue weighted by Gasteiger charge is 2.11. The van der Waals surface area contributed by atoms with Crippen LogP contribution in [0.25, 0.3) is 0 Å². The van der Waals surface area contributed by atoms with Crippen molar-refractivity contribution in [1.82, 2.24) is 9.80 Å². The van der Waals surface area contributed by atoms with Gasteiger partial charge in [0, 0.05) is 11.9 Å². The maximum atomic E-state index is 11.9. The third-order valence-electron chi connectivity index (χ3n) is 2.70. The molecule has 1 rings (SSSR count). The average molecular weight is 254 g/mol. The van der Waals surface area contributed by atoms with Crippen LogP contribution in [0, 0.1) is 0 Å². The van der Waals surface area contributed by atoms with E-state index in [0.717, 1.165) is 19.5 Å². The minimum atomic E-state index is 0.192. The van der Waals surface area contributed by atoms with Crippen molar-refractivity contribution in [1.29, 1.82) is 0 Å². The lowest BCUT2D eigenvalue weighted by Crippen LogP contribution is -2.36. The second-order valence-corrected chi connectivity index (χ2v) is 5.45. The Morgan fingerprint density at radius 3 is 2.76 bits per heavy atom. The molecule has 1 aromatic heterocycles. The van der Waals surface area contributed by atoms with Gasteiger partial charge in [0.05, 0.1) is 13.1 Å². The van der Waals surface area contributed by atoms with E-state index in [9.17, 15) is 4.79 Å². The van der Waals surface area contributed by atoms with E-state index in [-0.39, 0.29) is 5.91 Å². The second kappa shape index (κ2) is 7.45. The predicted octanol–water partition coefficient (Wildman–Crippen LogP) is 2.44. The lowest BCUT2D eigenvalue weighted by atomic mass is 10.3. The summed E-state index contributed by atoms with van der Waals surface area (Å²) in [6, 6.07) is 4.08. The van der Waals surface area contributed by atoms with Gasteiger partial charge < -0.3 is 4.90 Å². The molecular formula is C13H22N2OS. The molecule has 0 saturated carbocycles. The molecule has 17 heavy (non-hydrogen) atoms. The molecule has 0 radical (unpaired) electrons. The minimum absolute atomic E-state index is 0.192. The number of hydrogen-bond donors (Lipinski definition) is 0. The summed E-state index contributed by atoms with van der Waals surface area (Å²) >= 11 is 1.69. The molecular weight excluding hydrogens is 232 g/mol. The number of rotatable bonds is 7. The Hall–Kier alpha value is -0.870. The van der Waals surface area contributed by atoms with Crippen LogP contribution in [-0.4, -0.2) is 42.9 Å². The predicted molar refractivity (Wildman–Crippen MR) is 73.2 cm³/mol. The molecule has 96 valence electrons. The number of likely N-dealkylation sites (N-methyl/N-ethyl adjacent to an activating group) is 2. The van der Waals surface area contributed by atoms with Gasteiger partial charge in [-0.05, 0) is 31.5 Å². The van der Waals surface area contributed by atoms with E-state index in [1.165, 1.54) is 11.3 Å². The number of carbonyl (C=O) groups excluding carboxylic acids is 1. The van der Waals surface area contributed by atoms with E-state index in [1.54, 1.807) is 16.2 Å². The van der Waals surface area contributed by atoms with Gasteiger partial charge in [-0.1, -0.05) is 19.4 Å². The monoisotopic (exact) mass is 254 g/mol. The highest BCUT2D eigenvalue weighted by atomic mass is 32.1. The molecule has 1 aromatic rings. The standard InChI is InChI=1S/C13H22N2OS/c1-4-5-8-14(2)11-13(16)15(3)10-12-7-6-9-17-12/h6-7,9H,4-5,8,10-11H2,1-3H3. The van der Waals surface area contributed by atoms with Crippen LogP contribution in [-0.2, 0) is 11.3 Å². The fourth-order valence-corrected chi connectivity index (χ4v) is 2.34. The Bertz CT molecular complexity index is 324. The van der Waals surface area contributed by atoms with Crippen molar-refractivity contribution in [2.75, 3.05) is 27.2 Å².